The molecule has 110 valence electrons. The molecule has 0 saturated heterocycles. The molecule has 0 aliphatic rings. The molecule has 0 atom stereocenters. The lowest BCUT2D eigenvalue weighted by Crippen LogP contribution is -2.09. The third kappa shape index (κ3) is 2.42. The maximum Gasteiger partial charge on any atom is 0.272 e. The van der Waals surface area contributed by atoms with Crippen LogP contribution in [0.15, 0.2) is 83.7 Å². The Morgan fingerprint density at radius 2 is 1.17 bits per heavy atom. The Bertz CT molecular complexity index is 1020. The van der Waals surface area contributed by atoms with E-state index in [1.807, 2.05) is 54.6 Å². The van der Waals surface area contributed by atoms with E-state index in [1.54, 1.807) is 0 Å². The van der Waals surface area contributed by atoms with Crippen LogP contribution in [0.3, 0.4) is 0 Å². The number of nitrogens with one attached hydrogen (secondary N) is 1. The molecule has 4 aromatic rings. The van der Waals surface area contributed by atoms with Gasteiger partial charge in [-0.25, -0.2) is 5.10 Å². The summed E-state index contributed by atoms with van der Waals surface area (Å²) < 4.78 is 0. The van der Waals surface area contributed by atoms with Gasteiger partial charge in [-0.1, -0.05) is 72.8 Å². The average molecular weight is 298 g/mol. The molecule has 23 heavy (non-hydrogen) atoms. The second kappa shape index (κ2) is 5.54. The Kier molecular flexibility index (Phi) is 3.24. The third-order valence-corrected chi connectivity index (χ3v) is 3.96. The number of H-pyrrole nitrogens is 1. The van der Waals surface area contributed by atoms with Crippen molar-refractivity contribution in [3.63, 3.8) is 0 Å². The molecule has 0 saturated carbocycles. The molecule has 0 radical (unpaired) electrons. The van der Waals surface area contributed by atoms with Crippen molar-refractivity contribution in [1.82, 2.24) is 10.2 Å². The maximum absolute atomic E-state index is 11.9. The number of aromatic nitrogens is 2. The number of fused-ring (bicyclic) bond motifs is 1. The van der Waals surface area contributed by atoms with Crippen molar-refractivity contribution < 1.29 is 0 Å². The summed E-state index contributed by atoms with van der Waals surface area (Å²) in [7, 11) is 0. The van der Waals surface area contributed by atoms with Crippen LogP contribution >= 0.6 is 0 Å². The molecule has 1 heterocycles. The fourth-order valence-electron chi connectivity index (χ4n) is 2.79. The lowest BCUT2D eigenvalue weighted by Gasteiger charge is -2.06. The van der Waals surface area contributed by atoms with Gasteiger partial charge in [0.1, 0.15) is 0 Å². The summed E-state index contributed by atoms with van der Waals surface area (Å²) >= 11 is 0. The van der Waals surface area contributed by atoms with Gasteiger partial charge in [0.25, 0.3) is 5.56 Å². The summed E-state index contributed by atoms with van der Waals surface area (Å²) in [5.74, 6) is 0. The predicted octanol–water partition coefficient (Wildman–Crippen LogP) is 4.26. The van der Waals surface area contributed by atoms with Crippen molar-refractivity contribution in [1.29, 1.82) is 0 Å². The number of rotatable bonds is 2. The smallest absolute Gasteiger partial charge is 0.267 e. The normalized spacial score (nSPS) is 10.8. The zero-order chi connectivity index (χ0) is 15.6. The summed E-state index contributed by atoms with van der Waals surface area (Å²) in [5.41, 5.74) is 3.95. The summed E-state index contributed by atoms with van der Waals surface area (Å²) in [5, 5.41) is 8.35. The summed E-state index contributed by atoms with van der Waals surface area (Å²) in [6, 6.07) is 26.0. The van der Waals surface area contributed by atoms with E-state index in [1.165, 1.54) is 5.56 Å². The van der Waals surface area contributed by atoms with Gasteiger partial charge in [0.15, 0.2) is 0 Å². The van der Waals surface area contributed by atoms with E-state index in [-0.39, 0.29) is 5.56 Å². The number of benzene rings is 3. The molecule has 0 unspecified atom stereocenters. The third-order valence-electron chi connectivity index (χ3n) is 3.96. The molecule has 3 heteroatoms. The molecular formula is C20H14N2O. The van der Waals surface area contributed by atoms with E-state index in [2.05, 4.69) is 34.5 Å². The summed E-state index contributed by atoms with van der Waals surface area (Å²) in [6.45, 7) is 0. The first-order valence-electron chi connectivity index (χ1n) is 7.46. The first kappa shape index (κ1) is 13.5. The highest BCUT2D eigenvalue weighted by Crippen LogP contribution is 2.27. The number of hydrogen-bond donors (Lipinski definition) is 1. The standard InChI is InChI=1S/C20H14N2O/c23-20-18-9-5-4-8-17(18)19(21-22-20)16-12-10-15(11-13-16)14-6-2-1-3-7-14/h1-13H,(H,22,23). The van der Waals surface area contributed by atoms with Crippen LogP contribution in [0, 0.1) is 0 Å². The van der Waals surface area contributed by atoms with E-state index in [9.17, 15) is 4.79 Å². The van der Waals surface area contributed by atoms with Crippen LogP contribution in [0.5, 0.6) is 0 Å². The second-order valence-corrected chi connectivity index (χ2v) is 5.39. The van der Waals surface area contributed by atoms with Crippen LogP contribution in [-0.2, 0) is 0 Å². The van der Waals surface area contributed by atoms with Crippen LogP contribution in [-0.4, -0.2) is 10.2 Å². The average Bonchev–Trinajstić information content (AvgIpc) is 2.63. The molecule has 3 nitrogen and oxygen atoms in total. The molecular weight excluding hydrogens is 284 g/mol. The van der Waals surface area contributed by atoms with E-state index < -0.39 is 0 Å². The van der Waals surface area contributed by atoms with Crippen molar-refractivity contribution in [3.8, 4) is 22.4 Å². The number of aromatic amines is 1. The van der Waals surface area contributed by atoms with E-state index in [0.29, 0.717) is 5.39 Å². The van der Waals surface area contributed by atoms with Crippen molar-refractivity contribution in [2.75, 3.05) is 0 Å². The molecule has 0 fully saturated rings. The van der Waals surface area contributed by atoms with Gasteiger partial charge in [-0.15, -0.1) is 0 Å². The monoisotopic (exact) mass is 298 g/mol. The molecule has 3 aromatic carbocycles. The topological polar surface area (TPSA) is 45.8 Å². The van der Waals surface area contributed by atoms with Gasteiger partial charge in [-0.3, -0.25) is 4.79 Å². The fraction of sp³-hybridized carbons (Fsp3) is 0. The lowest BCUT2D eigenvalue weighted by atomic mass is 10.0. The fourth-order valence-corrected chi connectivity index (χ4v) is 2.79. The highest BCUT2D eigenvalue weighted by molar-refractivity contribution is 5.93. The largest absolute Gasteiger partial charge is 0.272 e. The zero-order valence-corrected chi connectivity index (χ0v) is 12.4. The van der Waals surface area contributed by atoms with Gasteiger partial charge in [0.2, 0.25) is 0 Å². The first-order valence-corrected chi connectivity index (χ1v) is 7.46. The van der Waals surface area contributed by atoms with Gasteiger partial charge in [0, 0.05) is 10.9 Å². The van der Waals surface area contributed by atoms with E-state index in [0.717, 1.165) is 22.2 Å². The Morgan fingerprint density at radius 1 is 0.609 bits per heavy atom. The zero-order valence-electron chi connectivity index (χ0n) is 12.4. The molecule has 0 amide bonds. The molecule has 0 spiro atoms. The van der Waals surface area contributed by atoms with Crippen LogP contribution in [0.25, 0.3) is 33.2 Å². The molecule has 4 rings (SSSR count). The van der Waals surface area contributed by atoms with Crippen molar-refractivity contribution in [3.05, 3.63) is 89.2 Å². The quantitative estimate of drug-likeness (QED) is 0.601. The second-order valence-electron chi connectivity index (χ2n) is 5.39. The Hall–Kier alpha value is -3.20. The molecule has 0 bridgehead atoms. The summed E-state index contributed by atoms with van der Waals surface area (Å²) in [6.07, 6.45) is 0. The first-order chi connectivity index (χ1) is 11.3. The molecule has 1 N–H and O–H groups in total. The maximum atomic E-state index is 11.9. The van der Waals surface area contributed by atoms with Gasteiger partial charge in [-0.2, -0.15) is 5.10 Å². The Labute approximate surface area is 133 Å². The van der Waals surface area contributed by atoms with Gasteiger partial charge < -0.3 is 0 Å². The van der Waals surface area contributed by atoms with Gasteiger partial charge in [-0.05, 0) is 17.2 Å². The number of hydrogen-bond acceptors (Lipinski definition) is 2. The Balaban J connectivity index is 1.83. The van der Waals surface area contributed by atoms with Gasteiger partial charge >= 0.3 is 0 Å². The minimum absolute atomic E-state index is 0.162. The lowest BCUT2D eigenvalue weighted by molar-refractivity contribution is 1.02. The van der Waals surface area contributed by atoms with Crippen LogP contribution in [0.1, 0.15) is 0 Å². The molecule has 1 aromatic heterocycles. The van der Waals surface area contributed by atoms with Crippen LogP contribution in [0.4, 0.5) is 0 Å². The van der Waals surface area contributed by atoms with E-state index >= 15 is 0 Å². The van der Waals surface area contributed by atoms with E-state index in [4.69, 9.17) is 0 Å². The van der Waals surface area contributed by atoms with Crippen molar-refractivity contribution in [2.24, 2.45) is 0 Å². The highest BCUT2D eigenvalue weighted by atomic mass is 16.1. The van der Waals surface area contributed by atoms with Crippen molar-refractivity contribution >= 4 is 10.8 Å². The minimum Gasteiger partial charge on any atom is -0.267 e. The summed E-state index contributed by atoms with van der Waals surface area (Å²) in [4.78, 5) is 11.9. The van der Waals surface area contributed by atoms with Crippen molar-refractivity contribution in [2.45, 2.75) is 0 Å². The molecule has 0 aliphatic carbocycles. The van der Waals surface area contributed by atoms with Crippen LogP contribution < -0.4 is 5.56 Å². The Morgan fingerprint density at radius 3 is 1.91 bits per heavy atom. The SMILES string of the molecule is O=c1[nH]nc(-c2ccc(-c3ccccc3)cc2)c2ccccc12. The molecule has 0 aliphatic heterocycles. The van der Waals surface area contributed by atoms with Gasteiger partial charge in [0.05, 0.1) is 11.1 Å². The predicted molar refractivity (Wildman–Crippen MR) is 93.2 cm³/mol. The minimum atomic E-state index is -0.162. The number of nitrogens with zero attached hydrogens (tertiary/aromatic N) is 1. The highest BCUT2D eigenvalue weighted by Gasteiger charge is 2.08. The van der Waals surface area contributed by atoms with Crippen LogP contribution in [0.2, 0.25) is 0 Å².